The lowest BCUT2D eigenvalue weighted by atomic mass is 10.1. The Hall–Kier alpha value is -2.09. The van der Waals surface area contributed by atoms with Gasteiger partial charge in [0.2, 0.25) is 10.0 Å². The van der Waals surface area contributed by atoms with Gasteiger partial charge in [-0.05, 0) is 48.7 Å². The van der Waals surface area contributed by atoms with E-state index in [2.05, 4.69) is 5.32 Å². The zero-order valence-electron chi connectivity index (χ0n) is 17.7. The molecule has 2 aromatic rings. The molecule has 1 amide bonds. The Labute approximate surface area is 189 Å². The van der Waals surface area contributed by atoms with Crippen LogP contribution in [0.3, 0.4) is 0 Å². The van der Waals surface area contributed by atoms with Gasteiger partial charge in [-0.25, -0.2) is 8.42 Å². The molecule has 8 heteroatoms. The van der Waals surface area contributed by atoms with Crippen LogP contribution in [0.25, 0.3) is 0 Å². The van der Waals surface area contributed by atoms with Crippen LogP contribution in [0.15, 0.2) is 47.4 Å². The maximum Gasteiger partial charge on any atom is 0.251 e. The molecular weight excluding hydrogens is 434 g/mol. The highest BCUT2D eigenvalue weighted by atomic mass is 35.5. The third-order valence-electron chi connectivity index (χ3n) is 6.09. The molecule has 2 aliphatic rings. The Bertz CT molecular complexity index is 1050. The van der Waals surface area contributed by atoms with Crippen molar-refractivity contribution < 1.29 is 13.2 Å². The Morgan fingerprint density at radius 3 is 2.42 bits per heavy atom. The second-order valence-electron chi connectivity index (χ2n) is 8.43. The Balaban J connectivity index is 1.46. The number of fused-ring (bicyclic) bond motifs is 1. The van der Waals surface area contributed by atoms with E-state index in [1.807, 2.05) is 24.1 Å². The van der Waals surface area contributed by atoms with Gasteiger partial charge >= 0.3 is 0 Å². The molecule has 0 spiro atoms. The molecule has 1 heterocycles. The van der Waals surface area contributed by atoms with Crippen molar-refractivity contribution >= 4 is 33.2 Å². The van der Waals surface area contributed by atoms with E-state index in [0.29, 0.717) is 16.3 Å². The van der Waals surface area contributed by atoms with Gasteiger partial charge in [0.15, 0.2) is 0 Å². The molecule has 0 unspecified atom stereocenters. The quantitative estimate of drug-likeness (QED) is 0.685. The van der Waals surface area contributed by atoms with Crippen LogP contribution in [0.4, 0.5) is 5.69 Å². The van der Waals surface area contributed by atoms with Crippen molar-refractivity contribution in [2.45, 2.75) is 56.0 Å². The number of nitrogens with zero attached hydrogens (tertiary/aromatic N) is 2. The monoisotopic (exact) mass is 461 g/mol. The maximum atomic E-state index is 13.1. The van der Waals surface area contributed by atoms with E-state index in [4.69, 9.17) is 11.6 Å². The molecule has 1 saturated carbocycles. The number of rotatable bonds is 4. The lowest BCUT2D eigenvalue weighted by molar-refractivity contribution is 0.0933. The van der Waals surface area contributed by atoms with Crippen molar-refractivity contribution in [2.75, 3.05) is 18.6 Å². The lowest BCUT2D eigenvalue weighted by Gasteiger charge is -2.35. The van der Waals surface area contributed by atoms with E-state index >= 15 is 0 Å². The Kier molecular flexibility index (Phi) is 6.55. The molecule has 1 fully saturated rings. The fourth-order valence-corrected chi connectivity index (χ4v) is 6.25. The normalized spacial score (nSPS) is 19.5. The van der Waals surface area contributed by atoms with Crippen LogP contribution < -0.4 is 10.2 Å². The number of amides is 1. The van der Waals surface area contributed by atoms with Gasteiger partial charge in [-0.15, -0.1) is 0 Å². The van der Waals surface area contributed by atoms with Crippen molar-refractivity contribution in [3.8, 4) is 0 Å². The number of hydrogen-bond acceptors (Lipinski definition) is 4. The van der Waals surface area contributed by atoms with Crippen molar-refractivity contribution in [3.05, 3.63) is 58.6 Å². The van der Waals surface area contributed by atoms with E-state index in [1.165, 1.54) is 23.2 Å². The number of halogens is 1. The summed E-state index contributed by atoms with van der Waals surface area (Å²) in [7, 11) is -1.80. The smallest absolute Gasteiger partial charge is 0.251 e. The highest BCUT2D eigenvalue weighted by Crippen LogP contribution is 2.35. The summed E-state index contributed by atoms with van der Waals surface area (Å²) in [5.41, 5.74) is 2.07. The molecule has 0 atom stereocenters. The summed E-state index contributed by atoms with van der Waals surface area (Å²) < 4.78 is 27.6. The number of sulfonamides is 1. The zero-order chi connectivity index (χ0) is 22.0. The predicted molar refractivity (Wildman–Crippen MR) is 123 cm³/mol. The first-order chi connectivity index (χ1) is 14.8. The second kappa shape index (κ2) is 9.18. The zero-order valence-corrected chi connectivity index (χ0v) is 19.3. The summed E-state index contributed by atoms with van der Waals surface area (Å²) in [6.07, 6.45) is 6.89. The standard InChI is InChI=1S/C23H28ClN3O3S/c1-26-16-27(31(29,30)22-14-19(24)12-13-21(22)26)15-17-8-10-18(11-9-17)23(28)25-20-6-4-2-3-5-7-20/h8-14,20H,2-7,15-16H2,1H3,(H,25,28). The van der Waals surface area contributed by atoms with E-state index in [-0.39, 0.29) is 30.1 Å². The summed E-state index contributed by atoms with van der Waals surface area (Å²) in [6, 6.07) is 12.4. The van der Waals surface area contributed by atoms with Gasteiger partial charge in [0.25, 0.3) is 5.91 Å². The second-order valence-corrected chi connectivity index (χ2v) is 10.8. The van der Waals surface area contributed by atoms with Gasteiger partial charge in [0.05, 0.1) is 12.4 Å². The summed E-state index contributed by atoms with van der Waals surface area (Å²) in [4.78, 5) is 14.7. The fourth-order valence-electron chi connectivity index (χ4n) is 4.33. The van der Waals surface area contributed by atoms with Crippen LogP contribution in [-0.4, -0.2) is 38.4 Å². The minimum atomic E-state index is -3.66. The third kappa shape index (κ3) is 4.89. The largest absolute Gasteiger partial charge is 0.359 e. The number of carbonyl (C=O) groups excluding carboxylic acids is 1. The predicted octanol–water partition coefficient (Wildman–Crippen LogP) is 4.39. The van der Waals surface area contributed by atoms with Crippen molar-refractivity contribution in [1.29, 1.82) is 0 Å². The van der Waals surface area contributed by atoms with E-state index in [0.717, 1.165) is 31.2 Å². The van der Waals surface area contributed by atoms with Crippen LogP contribution in [-0.2, 0) is 16.6 Å². The fraction of sp³-hybridized carbons (Fsp3) is 0.435. The number of anilines is 1. The molecule has 0 aromatic heterocycles. The van der Waals surface area contributed by atoms with Gasteiger partial charge in [0, 0.05) is 30.2 Å². The minimum absolute atomic E-state index is 0.0626. The number of nitrogens with one attached hydrogen (secondary N) is 1. The Morgan fingerprint density at radius 2 is 1.74 bits per heavy atom. The number of benzene rings is 2. The lowest BCUT2D eigenvalue weighted by Crippen LogP contribution is -2.44. The van der Waals surface area contributed by atoms with E-state index < -0.39 is 10.0 Å². The molecule has 1 aliphatic carbocycles. The first-order valence-corrected chi connectivity index (χ1v) is 12.6. The van der Waals surface area contributed by atoms with Crippen LogP contribution in [0.2, 0.25) is 5.02 Å². The molecule has 0 saturated heterocycles. The average molecular weight is 462 g/mol. The summed E-state index contributed by atoms with van der Waals surface area (Å²) in [6.45, 7) is 0.476. The van der Waals surface area contributed by atoms with E-state index in [1.54, 1.807) is 24.3 Å². The first kappa shape index (κ1) is 22.1. The molecule has 1 N–H and O–H groups in total. The van der Waals surface area contributed by atoms with E-state index in [9.17, 15) is 13.2 Å². The molecule has 4 rings (SSSR count). The van der Waals surface area contributed by atoms with Crippen molar-refractivity contribution in [2.24, 2.45) is 0 Å². The molecular formula is C23H28ClN3O3S. The molecule has 1 aliphatic heterocycles. The third-order valence-corrected chi connectivity index (χ3v) is 8.13. The average Bonchev–Trinajstić information content (AvgIpc) is 3.01. The minimum Gasteiger partial charge on any atom is -0.359 e. The molecule has 0 bridgehead atoms. The van der Waals surface area contributed by atoms with Gasteiger partial charge in [-0.1, -0.05) is 49.4 Å². The molecule has 2 aromatic carbocycles. The summed E-state index contributed by atoms with van der Waals surface area (Å²) in [5.74, 6) is -0.0626. The topological polar surface area (TPSA) is 69.7 Å². The molecule has 6 nitrogen and oxygen atoms in total. The van der Waals surface area contributed by atoms with Crippen LogP contribution in [0.5, 0.6) is 0 Å². The molecule has 31 heavy (non-hydrogen) atoms. The molecule has 0 radical (unpaired) electrons. The van der Waals surface area contributed by atoms with Crippen LogP contribution in [0, 0.1) is 0 Å². The number of hydrogen-bond donors (Lipinski definition) is 1. The van der Waals surface area contributed by atoms with Crippen LogP contribution in [0.1, 0.15) is 54.4 Å². The summed E-state index contributed by atoms with van der Waals surface area (Å²) in [5, 5.41) is 3.54. The first-order valence-electron chi connectivity index (χ1n) is 10.8. The van der Waals surface area contributed by atoms with Crippen molar-refractivity contribution in [1.82, 2.24) is 9.62 Å². The van der Waals surface area contributed by atoms with Gasteiger partial charge in [-0.2, -0.15) is 4.31 Å². The highest BCUT2D eigenvalue weighted by molar-refractivity contribution is 7.89. The Morgan fingerprint density at radius 1 is 1.06 bits per heavy atom. The van der Waals surface area contributed by atoms with Crippen LogP contribution >= 0.6 is 11.6 Å². The van der Waals surface area contributed by atoms with Gasteiger partial charge in [-0.3, -0.25) is 4.79 Å². The maximum absolute atomic E-state index is 13.1. The highest BCUT2D eigenvalue weighted by Gasteiger charge is 2.34. The van der Waals surface area contributed by atoms with Crippen molar-refractivity contribution in [3.63, 3.8) is 0 Å². The summed E-state index contributed by atoms with van der Waals surface area (Å²) >= 11 is 6.05. The van der Waals surface area contributed by atoms with Gasteiger partial charge in [0.1, 0.15) is 4.90 Å². The SMILES string of the molecule is CN1CN(Cc2ccc(C(=O)NC3CCCCCC3)cc2)S(=O)(=O)c2cc(Cl)ccc21. The molecule has 166 valence electrons. The van der Waals surface area contributed by atoms with Gasteiger partial charge < -0.3 is 10.2 Å². The number of carbonyl (C=O) groups is 1.